The number of nitrogens with two attached hydrogens (primary N) is 1. The molecule has 2 nitrogen and oxygen atoms in total. The Hall–Kier alpha value is -0.770. The van der Waals surface area contributed by atoms with Gasteiger partial charge in [0.15, 0.2) is 4.67 Å². The van der Waals surface area contributed by atoms with Crippen molar-refractivity contribution in [2.75, 3.05) is 0 Å². The van der Waals surface area contributed by atoms with Gasteiger partial charge in [-0.25, -0.2) is 0 Å². The van der Waals surface area contributed by atoms with Gasteiger partial charge in [0.25, 0.3) is 0 Å². The zero-order valence-corrected chi connectivity index (χ0v) is 12.0. The van der Waals surface area contributed by atoms with E-state index in [0.717, 1.165) is 27.5 Å². The summed E-state index contributed by atoms with van der Waals surface area (Å²) in [5.41, 5.74) is 9.32. The number of hydrogen-bond acceptors (Lipinski definition) is 2. The van der Waals surface area contributed by atoms with E-state index in [4.69, 9.17) is 21.8 Å². The quantitative estimate of drug-likeness (QED) is 0.894. The Morgan fingerprint density at radius 2 is 1.94 bits per heavy atom. The smallest absolute Gasteiger partial charge is 0.169 e. The summed E-state index contributed by atoms with van der Waals surface area (Å²) in [4.78, 5) is 0. The first-order chi connectivity index (χ1) is 7.99. The zero-order valence-electron chi connectivity index (χ0n) is 9.63. The van der Waals surface area contributed by atoms with Crippen LogP contribution in [0.25, 0.3) is 0 Å². The summed E-state index contributed by atoms with van der Waals surface area (Å²) in [6, 6.07) is 7.39. The summed E-state index contributed by atoms with van der Waals surface area (Å²) in [6.07, 6.45) is 0. The molecule has 0 spiro atoms. The van der Waals surface area contributed by atoms with Gasteiger partial charge in [-0.15, -0.1) is 0 Å². The lowest BCUT2D eigenvalue weighted by atomic mass is 9.98. The Kier molecular flexibility index (Phi) is 3.61. The standard InChI is InChI=1S/C13H13BrClNO/c1-7-6-10(15)8(2)5-9(7)13(16)11-3-4-12(14)17-11/h3-6,13H,16H2,1-2H3. The Balaban J connectivity index is 2.43. The van der Waals surface area contributed by atoms with Gasteiger partial charge < -0.3 is 10.2 Å². The van der Waals surface area contributed by atoms with Crippen LogP contribution in [-0.2, 0) is 0 Å². The summed E-state index contributed by atoms with van der Waals surface area (Å²) >= 11 is 9.34. The van der Waals surface area contributed by atoms with Crippen molar-refractivity contribution >= 4 is 27.5 Å². The molecule has 0 aliphatic carbocycles. The van der Waals surface area contributed by atoms with E-state index in [9.17, 15) is 0 Å². The van der Waals surface area contributed by atoms with Crippen molar-refractivity contribution < 1.29 is 4.42 Å². The molecule has 0 aliphatic heterocycles. The summed E-state index contributed by atoms with van der Waals surface area (Å²) in [6.45, 7) is 3.97. The lowest BCUT2D eigenvalue weighted by Gasteiger charge is -2.14. The van der Waals surface area contributed by atoms with Crippen molar-refractivity contribution in [3.63, 3.8) is 0 Å². The van der Waals surface area contributed by atoms with E-state index in [1.165, 1.54) is 0 Å². The van der Waals surface area contributed by atoms with Gasteiger partial charge in [-0.3, -0.25) is 0 Å². The molecular formula is C13H13BrClNO. The highest BCUT2D eigenvalue weighted by molar-refractivity contribution is 9.10. The average molecular weight is 315 g/mol. The van der Waals surface area contributed by atoms with Crippen LogP contribution in [-0.4, -0.2) is 0 Å². The van der Waals surface area contributed by atoms with Crippen molar-refractivity contribution in [1.29, 1.82) is 0 Å². The number of hydrogen-bond donors (Lipinski definition) is 1. The monoisotopic (exact) mass is 313 g/mol. The summed E-state index contributed by atoms with van der Waals surface area (Å²) in [5.74, 6) is 0.738. The van der Waals surface area contributed by atoms with Gasteiger partial charge in [0.05, 0.1) is 6.04 Å². The zero-order chi connectivity index (χ0) is 12.6. The predicted octanol–water partition coefficient (Wildman–Crippen LogP) is 4.36. The van der Waals surface area contributed by atoms with Gasteiger partial charge in [-0.1, -0.05) is 17.7 Å². The fourth-order valence-electron chi connectivity index (χ4n) is 1.79. The van der Waals surface area contributed by atoms with Crippen LogP contribution in [0, 0.1) is 13.8 Å². The van der Waals surface area contributed by atoms with E-state index in [2.05, 4.69) is 15.9 Å². The van der Waals surface area contributed by atoms with Crippen LogP contribution in [0.3, 0.4) is 0 Å². The number of benzene rings is 1. The van der Waals surface area contributed by atoms with Crippen molar-refractivity contribution in [1.82, 2.24) is 0 Å². The largest absolute Gasteiger partial charge is 0.452 e. The first kappa shape index (κ1) is 12.7. The van der Waals surface area contributed by atoms with Crippen LogP contribution in [0.1, 0.15) is 28.5 Å². The van der Waals surface area contributed by atoms with E-state index in [1.807, 2.05) is 38.1 Å². The van der Waals surface area contributed by atoms with Crippen LogP contribution in [0.15, 0.2) is 33.4 Å². The lowest BCUT2D eigenvalue weighted by molar-refractivity contribution is 0.469. The highest BCUT2D eigenvalue weighted by Crippen LogP contribution is 2.29. The Labute approximate surface area is 114 Å². The molecule has 0 radical (unpaired) electrons. The lowest BCUT2D eigenvalue weighted by Crippen LogP contribution is -2.12. The molecule has 2 rings (SSSR count). The molecule has 0 amide bonds. The second-order valence-electron chi connectivity index (χ2n) is 4.08. The third kappa shape index (κ3) is 2.57. The van der Waals surface area contributed by atoms with E-state index < -0.39 is 0 Å². The maximum atomic E-state index is 6.19. The van der Waals surface area contributed by atoms with E-state index in [1.54, 1.807) is 0 Å². The fourth-order valence-corrected chi connectivity index (χ4v) is 2.32. The first-order valence-electron chi connectivity index (χ1n) is 5.26. The van der Waals surface area contributed by atoms with E-state index in [-0.39, 0.29) is 6.04 Å². The minimum absolute atomic E-state index is 0.266. The highest BCUT2D eigenvalue weighted by Gasteiger charge is 2.16. The minimum Gasteiger partial charge on any atom is -0.452 e. The molecule has 0 bridgehead atoms. The molecule has 1 aromatic heterocycles. The Morgan fingerprint density at radius 1 is 1.24 bits per heavy atom. The fraction of sp³-hybridized carbons (Fsp3) is 0.231. The van der Waals surface area contributed by atoms with Gasteiger partial charge in [0, 0.05) is 5.02 Å². The number of aryl methyl sites for hydroxylation is 2. The van der Waals surface area contributed by atoms with Gasteiger partial charge in [-0.05, 0) is 64.7 Å². The molecular weight excluding hydrogens is 302 g/mol. The topological polar surface area (TPSA) is 39.2 Å². The van der Waals surface area contributed by atoms with Crippen molar-refractivity contribution in [3.05, 3.63) is 56.4 Å². The molecule has 1 heterocycles. The second kappa shape index (κ2) is 4.84. The molecule has 4 heteroatoms. The molecule has 0 saturated carbocycles. The van der Waals surface area contributed by atoms with Crippen LogP contribution in [0.2, 0.25) is 5.02 Å². The summed E-state index contributed by atoms with van der Waals surface area (Å²) in [7, 11) is 0. The molecule has 0 fully saturated rings. The van der Waals surface area contributed by atoms with Gasteiger partial charge in [-0.2, -0.15) is 0 Å². The maximum Gasteiger partial charge on any atom is 0.169 e. The molecule has 1 unspecified atom stereocenters. The third-order valence-electron chi connectivity index (χ3n) is 2.78. The highest BCUT2D eigenvalue weighted by atomic mass is 79.9. The molecule has 90 valence electrons. The van der Waals surface area contributed by atoms with Crippen LogP contribution < -0.4 is 5.73 Å². The number of furan rings is 1. The van der Waals surface area contributed by atoms with Crippen LogP contribution in [0.4, 0.5) is 0 Å². The normalized spacial score (nSPS) is 12.8. The van der Waals surface area contributed by atoms with Gasteiger partial charge in [0.1, 0.15) is 5.76 Å². The number of halogens is 2. The van der Waals surface area contributed by atoms with E-state index in [0.29, 0.717) is 4.67 Å². The second-order valence-corrected chi connectivity index (χ2v) is 5.27. The van der Waals surface area contributed by atoms with Crippen molar-refractivity contribution in [3.8, 4) is 0 Å². The molecule has 2 N–H and O–H groups in total. The van der Waals surface area contributed by atoms with Gasteiger partial charge in [0.2, 0.25) is 0 Å². The Bertz CT molecular complexity index is 550. The molecule has 0 aliphatic rings. The molecule has 0 saturated heterocycles. The summed E-state index contributed by atoms with van der Waals surface area (Å²) < 4.78 is 6.17. The average Bonchev–Trinajstić information content (AvgIpc) is 2.69. The number of rotatable bonds is 2. The molecule has 17 heavy (non-hydrogen) atoms. The summed E-state index contributed by atoms with van der Waals surface area (Å²) in [5, 5.41) is 0.763. The van der Waals surface area contributed by atoms with Gasteiger partial charge >= 0.3 is 0 Å². The van der Waals surface area contributed by atoms with Crippen LogP contribution >= 0.6 is 27.5 Å². The maximum absolute atomic E-state index is 6.19. The molecule has 1 aromatic carbocycles. The SMILES string of the molecule is Cc1cc(C(N)c2ccc(Br)o2)c(C)cc1Cl. The van der Waals surface area contributed by atoms with Crippen LogP contribution in [0.5, 0.6) is 0 Å². The predicted molar refractivity (Wildman–Crippen MR) is 73.4 cm³/mol. The molecule has 1 atom stereocenters. The Morgan fingerprint density at radius 3 is 2.53 bits per heavy atom. The minimum atomic E-state index is -0.266. The van der Waals surface area contributed by atoms with Crippen molar-refractivity contribution in [2.45, 2.75) is 19.9 Å². The third-order valence-corrected chi connectivity index (χ3v) is 3.62. The molecule has 2 aromatic rings. The van der Waals surface area contributed by atoms with Crippen molar-refractivity contribution in [2.24, 2.45) is 5.73 Å². The van der Waals surface area contributed by atoms with E-state index >= 15 is 0 Å². The first-order valence-corrected chi connectivity index (χ1v) is 6.43.